The van der Waals surface area contributed by atoms with Gasteiger partial charge in [0.05, 0.1) is 37.1 Å². The third-order valence-electron chi connectivity index (χ3n) is 8.36. The molecule has 0 bridgehead atoms. The van der Waals surface area contributed by atoms with E-state index in [1.54, 1.807) is 51.1 Å². The number of hydrogen-bond donors (Lipinski definition) is 1. The number of aromatic nitrogens is 2. The van der Waals surface area contributed by atoms with Gasteiger partial charge >= 0.3 is 17.9 Å². The molecule has 0 unspecified atom stereocenters. The van der Waals surface area contributed by atoms with Gasteiger partial charge in [0.15, 0.2) is 25.1 Å². The molecule has 19 heteroatoms. The molecule has 3 aromatic rings. The minimum absolute atomic E-state index is 0.00310. The summed E-state index contributed by atoms with van der Waals surface area (Å²) in [4.78, 5) is 54.3. The number of hydrogen-bond acceptors (Lipinski definition) is 16. The Morgan fingerprint density at radius 2 is 1.73 bits per heavy atom. The Morgan fingerprint density at radius 3 is 2.38 bits per heavy atom. The normalized spacial score (nSPS) is 13.7. The number of aryl methyl sites for hydroxylation is 1. The number of carbonyl (C=O) groups excluding carboxylic acids is 4. The van der Waals surface area contributed by atoms with Gasteiger partial charge in [0, 0.05) is 25.6 Å². The molecule has 0 saturated carbocycles. The van der Waals surface area contributed by atoms with Gasteiger partial charge in [-0.2, -0.15) is 4.37 Å². The van der Waals surface area contributed by atoms with Crippen molar-refractivity contribution in [3.8, 4) is 17.4 Å². The molecule has 17 nitrogen and oxygen atoms in total. The monoisotopic (exact) mass is 819 g/mol. The fourth-order valence-electron chi connectivity index (χ4n) is 5.62. The van der Waals surface area contributed by atoms with E-state index in [0.717, 1.165) is 37.6 Å². The largest absolute Gasteiger partial charge is 0.470 e. The second-order valence-electron chi connectivity index (χ2n) is 13.8. The topological polar surface area (TPSA) is 216 Å². The number of para-hydroxylation sites is 1. The molecule has 1 fully saturated rings. The first-order chi connectivity index (χ1) is 26.6. The van der Waals surface area contributed by atoms with Gasteiger partial charge in [0.1, 0.15) is 17.3 Å². The number of primary sulfonamides is 1. The van der Waals surface area contributed by atoms with E-state index in [-0.39, 0.29) is 30.3 Å². The molecular formula is C37H49N5O12S2. The van der Waals surface area contributed by atoms with Gasteiger partial charge < -0.3 is 38.2 Å². The summed E-state index contributed by atoms with van der Waals surface area (Å²) in [6.07, 6.45) is 1.67. The lowest BCUT2D eigenvalue weighted by Gasteiger charge is -2.37. The van der Waals surface area contributed by atoms with Crippen molar-refractivity contribution < 1.29 is 56.0 Å². The van der Waals surface area contributed by atoms with Crippen LogP contribution in [0.15, 0.2) is 47.4 Å². The Hall–Kier alpha value is -4.85. The first-order valence-electron chi connectivity index (χ1n) is 18.1. The van der Waals surface area contributed by atoms with E-state index in [0.29, 0.717) is 56.3 Å². The molecule has 0 aliphatic carbocycles. The Kier molecular flexibility index (Phi) is 15.9. The lowest BCUT2D eigenvalue weighted by Crippen LogP contribution is -2.52. The minimum atomic E-state index is -4.40. The van der Waals surface area contributed by atoms with Crippen LogP contribution in [0.1, 0.15) is 69.8 Å². The van der Waals surface area contributed by atoms with Gasteiger partial charge in [-0.15, -0.1) is 4.37 Å². The van der Waals surface area contributed by atoms with Crippen LogP contribution in [0.4, 0.5) is 5.82 Å². The van der Waals surface area contributed by atoms with Crippen molar-refractivity contribution in [2.45, 2.75) is 76.8 Å². The molecule has 2 N–H and O–H groups in total. The van der Waals surface area contributed by atoms with Crippen LogP contribution in [-0.4, -0.2) is 110 Å². The zero-order valence-electron chi connectivity index (χ0n) is 32.2. The maximum absolute atomic E-state index is 13.8. The van der Waals surface area contributed by atoms with Crippen LogP contribution in [0.2, 0.25) is 0 Å². The fraction of sp³-hybridized carbons (Fsp3) is 0.514. The lowest BCUT2D eigenvalue weighted by molar-refractivity contribution is -0.165. The zero-order chi connectivity index (χ0) is 40.9. The molecule has 1 saturated heterocycles. The third kappa shape index (κ3) is 13.1. The van der Waals surface area contributed by atoms with Crippen LogP contribution in [0.25, 0.3) is 0 Å². The fourth-order valence-corrected chi connectivity index (χ4v) is 6.86. The summed E-state index contributed by atoms with van der Waals surface area (Å²) in [5.41, 5.74) is -0.613. The second-order valence-corrected chi connectivity index (χ2v) is 15.9. The number of unbranched alkanes of at least 4 members (excludes halogenated alkanes) is 2. The summed E-state index contributed by atoms with van der Waals surface area (Å²) in [6, 6.07) is 11.1. The number of sulfonamides is 1. The van der Waals surface area contributed by atoms with Gasteiger partial charge in [-0.3, -0.25) is 9.59 Å². The molecular weight excluding hydrogens is 771 g/mol. The molecule has 1 aliphatic rings. The van der Waals surface area contributed by atoms with Crippen molar-refractivity contribution in [3.63, 3.8) is 0 Å². The number of esters is 3. The van der Waals surface area contributed by atoms with Gasteiger partial charge in [0.2, 0.25) is 15.8 Å². The molecule has 2 aromatic carbocycles. The molecule has 306 valence electrons. The quantitative estimate of drug-likeness (QED) is 0.103. The Morgan fingerprint density at radius 1 is 1.02 bits per heavy atom. The summed E-state index contributed by atoms with van der Waals surface area (Å²) in [5, 5.41) is 5.62. The number of nitrogens with two attached hydrogens (primary N) is 1. The first-order valence-corrected chi connectivity index (χ1v) is 20.4. The van der Waals surface area contributed by atoms with Crippen molar-refractivity contribution in [2.24, 2.45) is 5.14 Å². The number of benzene rings is 2. The average molecular weight is 820 g/mol. The van der Waals surface area contributed by atoms with Crippen LogP contribution < -0.4 is 19.5 Å². The summed E-state index contributed by atoms with van der Waals surface area (Å²) in [7, 11) is -4.40. The summed E-state index contributed by atoms with van der Waals surface area (Å²) < 4.78 is 67.6. The van der Waals surface area contributed by atoms with Crippen LogP contribution in [-0.2, 0) is 49.8 Å². The maximum atomic E-state index is 13.8. The SMILES string of the molecule is CCCCCc1cc(C(=O)OCC(=O)N(C[C@@H](COc2nsnc2N2CCOCC2)OC(=O)COC(C)=O)C(C)(C)C)cc(S(N)(=O)=O)c1Oc1ccccc1. The highest BCUT2D eigenvalue weighted by molar-refractivity contribution is 7.89. The number of morpholine rings is 1. The van der Waals surface area contributed by atoms with Crippen LogP contribution in [0, 0.1) is 0 Å². The van der Waals surface area contributed by atoms with Crippen LogP contribution in [0.5, 0.6) is 17.4 Å². The number of amides is 1. The highest BCUT2D eigenvalue weighted by Crippen LogP contribution is 2.35. The highest BCUT2D eigenvalue weighted by atomic mass is 32.2. The molecule has 1 aromatic heterocycles. The summed E-state index contributed by atoms with van der Waals surface area (Å²) >= 11 is 0.943. The van der Waals surface area contributed by atoms with Crippen molar-refractivity contribution in [1.29, 1.82) is 0 Å². The van der Waals surface area contributed by atoms with Gasteiger partial charge in [-0.05, 0) is 63.4 Å². The first kappa shape index (κ1) is 43.9. The van der Waals surface area contributed by atoms with Gasteiger partial charge in [-0.25, -0.2) is 23.1 Å². The lowest BCUT2D eigenvalue weighted by atomic mass is 10.0. The predicted molar refractivity (Wildman–Crippen MR) is 204 cm³/mol. The Balaban J connectivity index is 1.55. The van der Waals surface area contributed by atoms with Crippen LogP contribution >= 0.6 is 11.7 Å². The number of carbonyl (C=O) groups is 4. The third-order valence-corrected chi connectivity index (χ3v) is 9.78. The molecule has 0 radical (unpaired) electrons. The van der Waals surface area contributed by atoms with E-state index < -0.39 is 63.6 Å². The number of rotatable bonds is 19. The predicted octanol–water partition coefficient (Wildman–Crippen LogP) is 3.88. The Labute approximate surface area is 330 Å². The van der Waals surface area contributed by atoms with Gasteiger partial charge in [0.25, 0.3) is 11.8 Å². The van der Waals surface area contributed by atoms with Crippen molar-refractivity contribution in [2.75, 3.05) is 57.6 Å². The van der Waals surface area contributed by atoms with Crippen LogP contribution in [0.3, 0.4) is 0 Å². The molecule has 4 rings (SSSR count). The van der Waals surface area contributed by atoms with Gasteiger partial charge in [-0.1, -0.05) is 38.0 Å². The highest BCUT2D eigenvalue weighted by Gasteiger charge is 2.33. The van der Waals surface area contributed by atoms with E-state index >= 15 is 0 Å². The molecule has 1 aliphatic heterocycles. The summed E-state index contributed by atoms with van der Waals surface area (Å²) in [6.45, 7) is 8.62. The second kappa shape index (κ2) is 20.4. The number of nitrogens with zero attached hydrogens (tertiary/aromatic N) is 4. The zero-order valence-corrected chi connectivity index (χ0v) is 33.8. The molecule has 56 heavy (non-hydrogen) atoms. The van der Waals surface area contributed by atoms with E-state index in [1.807, 2.05) is 11.8 Å². The van der Waals surface area contributed by atoms with E-state index in [9.17, 15) is 27.6 Å². The van der Waals surface area contributed by atoms with E-state index in [4.69, 9.17) is 33.6 Å². The smallest absolute Gasteiger partial charge is 0.344 e. The molecule has 0 spiro atoms. The average Bonchev–Trinajstić information content (AvgIpc) is 3.63. The molecule has 1 amide bonds. The standard InChI is InChI=1S/C37H49N5O12S2/c1-6-7-9-12-26-19-27(20-30(56(38,47)48)33(26)54-28-13-10-8-11-14-28)36(46)52-23-31(44)42(37(3,4)5)21-29(53-32(45)24-50-25(2)43)22-51-35-34(39-55-40-35)41-15-17-49-18-16-41/h8,10-11,13-14,19-20,29H,6-7,9,12,15-18,21-24H2,1-5H3,(H2,38,47,48)/t29-/m0/s1. The van der Waals surface area contributed by atoms with E-state index in [1.165, 1.54) is 11.0 Å². The molecule has 1 atom stereocenters. The number of ether oxygens (including phenoxy) is 6. The van der Waals surface area contributed by atoms with Crippen molar-refractivity contribution in [1.82, 2.24) is 13.6 Å². The molecule has 2 heterocycles. The maximum Gasteiger partial charge on any atom is 0.344 e. The van der Waals surface area contributed by atoms with Crippen molar-refractivity contribution in [3.05, 3.63) is 53.6 Å². The number of anilines is 1. The Bertz CT molecular complexity index is 1910. The van der Waals surface area contributed by atoms with E-state index in [2.05, 4.69) is 8.75 Å². The summed E-state index contributed by atoms with van der Waals surface area (Å²) in [5.74, 6) is -2.12. The van der Waals surface area contributed by atoms with Crippen molar-refractivity contribution >= 4 is 51.4 Å². The minimum Gasteiger partial charge on any atom is -0.470 e.